The maximum atomic E-state index is 11.7. The first-order valence-electron chi connectivity index (χ1n) is 5.48. The lowest BCUT2D eigenvalue weighted by Crippen LogP contribution is -2.41. The van der Waals surface area contributed by atoms with Gasteiger partial charge >= 0.3 is 0 Å². The van der Waals surface area contributed by atoms with Crippen molar-refractivity contribution in [2.75, 3.05) is 19.7 Å². The highest BCUT2D eigenvalue weighted by atomic mass is 32.1. The van der Waals surface area contributed by atoms with Gasteiger partial charge in [-0.25, -0.2) is 0 Å². The van der Waals surface area contributed by atoms with E-state index in [-0.39, 0.29) is 18.1 Å². The van der Waals surface area contributed by atoms with Crippen molar-refractivity contribution in [3.8, 4) is 0 Å². The zero-order valence-corrected chi connectivity index (χ0v) is 10.7. The van der Waals surface area contributed by atoms with E-state index in [4.69, 9.17) is 4.74 Å². The second-order valence-corrected chi connectivity index (χ2v) is 5.74. The monoisotopic (exact) mass is 231 g/mol. The number of thiol groups is 1. The van der Waals surface area contributed by atoms with Crippen LogP contribution in [0.5, 0.6) is 0 Å². The van der Waals surface area contributed by atoms with Gasteiger partial charge in [0.2, 0.25) is 5.91 Å². The van der Waals surface area contributed by atoms with Crippen LogP contribution in [0.3, 0.4) is 0 Å². The van der Waals surface area contributed by atoms with Crippen molar-refractivity contribution in [1.29, 1.82) is 0 Å². The Hall–Kier alpha value is -0.220. The van der Waals surface area contributed by atoms with E-state index in [9.17, 15) is 4.79 Å². The lowest BCUT2D eigenvalue weighted by molar-refractivity contribution is -0.141. The Balaban J connectivity index is 2.29. The molecule has 0 aromatic heterocycles. The molecule has 4 heteroatoms. The summed E-state index contributed by atoms with van der Waals surface area (Å²) in [7, 11) is 0. The van der Waals surface area contributed by atoms with Crippen LogP contribution in [0.1, 0.15) is 33.6 Å². The zero-order valence-electron chi connectivity index (χ0n) is 9.82. The second kappa shape index (κ2) is 5.21. The fourth-order valence-corrected chi connectivity index (χ4v) is 1.72. The van der Waals surface area contributed by atoms with Crippen LogP contribution >= 0.6 is 12.6 Å². The zero-order chi connectivity index (χ0) is 11.5. The molecule has 15 heavy (non-hydrogen) atoms. The summed E-state index contributed by atoms with van der Waals surface area (Å²) in [6.45, 7) is 7.71. The summed E-state index contributed by atoms with van der Waals surface area (Å²) < 4.78 is 5.46. The molecule has 0 saturated carbocycles. The Morgan fingerprint density at radius 2 is 1.93 bits per heavy atom. The van der Waals surface area contributed by atoms with Crippen LogP contribution in [0.4, 0.5) is 0 Å². The molecule has 0 aromatic carbocycles. The molecule has 0 aliphatic carbocycles. The lowest BCUT2D eigenvalue weighted by Gasteiger charge is -2.30. The van der Waals surface area contributed by atoms with Crippen molar-refractivity contribution in [2.24, 2.45) is 0 Å². The van der Waals surface area contributed by atoms with Crippen LogP contribution in [0, 0.1) is 0 Å². The minimum absolute atomic E-state index is 0.102. The van der Waals surface area contributed by atoms with Crippen molar-refractivity contribution >= 4 is 18.5 Å². The van der Waals surface area contributed by atoms with Gasteiger partial charge in [-0.3, -0.25) is 4.79 Å². The molecular formula is C11H21NO2S. The van der Waals surface area contributed by atoms with Crippen LogP contribution < -0.4 is 0 Å². The SMILES string of the molecule is CC(C)(C)OCC(=O)N1CCC(S)CC1. The third-order valence-corrected chi connectivity index (χ3v) is 2.96. The fourth-order valence-electron chi connectivity index (χ4n) is 1.48. The number of amides is 1. The molecule has 1 rings (SSSR count). The number of carbonyl (C=O) groups is 1. The number of likely N-dealkylation sites (tertiary alicyclic amines) is 1. The van der Waals surface area contributed by atoms with Gasteiger partial charge in [0.05, 0.1) is 5.60 Å². The van der Waals surface area contributed by atoms with E-state index < -0.39 is 0 Å². The number of nitrogens with zero attached hydrogens (tertiary/aromatic N) is 1. The highest BCUT2D eigenvalue weighted by Crippen LogP contribution is 2.15. The lowest BCUT2D eigenvalue weighted by atomic mass is 10.1. The summed E-state index contributed by atoms with van der Waals surface area (Å²) in [6.07, 6.45) is 1.98. The summed E-state index contributed by atoms with van der Waals surface area (Å²) in [4.78, 5) is 13.6. The van der Waals surface area contributed by atoms with Gasteiger partial charge in [-0.1, -0.05) is 0 Å². The minimum atomic E-state index is -0.239. The van der Waals surface area contributed by atoms with Crippen LogP contribution in [0.15, 0.2) is 0 Å². The number of piperidine rings is 1. The first kappa shape index (κ1) is 12.8. The number of ether oxygens (including phenoxy) is 1. The van der Waals surface area contributed by atoms with Crippen molar-refractivity contribution < 1.29 is 9.53 Å². The summed E-state index contributed by atoms with van der Waals surface area (Å²) >= 11 is 4.40. The first-order chi connectivity index (χ1) is 6.88. The molecule has 0 bridgehead atoms. The largest absolute Gasteiger partial charge is 0.366 e. The molecule has 1 fully saturated rings. The molecule has 3 nitrogen and oxygen atoms in total. The third-order valence-electron chi connectivity index (χ3n) is 2.45. The van der Waals surface area contributed by atoms with Crippen molar-refractivity contribution in [2.45, 2.75) is 44.5 Å². The van der Waals surface area contributed by atoms with E-state index in [2.05, 4.69) is 12.6 Å². The van der Waals surface area contributed by atoms with E-state index in [0.29, 0.717) is 5.25 Å². The van der Waals surface area contributed by atoms with Gasteiger partial charge < -0.3 is 9.64 Å². The second-order valence-electron chi connectivity index (χ2n) is 5.01. The van der Waals surface area contributed by atoms with Gasteiger partial charge in [0.25, 0.3) is 0 Å². The summed E-state index contributed by atoms with van der Waals surface area (Å²) in [5.41, 5.74) is -0.239. The molecule has 1 aliphatic heterocycles. The Bertz CT molecular complexity index is 217. The Morgan fingerprint density at radius 3 is 2.40 bits per heavy atom. The molecule has 0 unspecified atom stereocenters. The molecule has 1 aliphatic rings. The number of hydrogen-bond donors (Lipinski definition) is 1. The normalized spacial score (nSPS) is 19.3. The van der Waals surface area contributed by atoms with Crippen LogP contribution in [0.2, 0.25) is 0 Å². The molecule has 0 radical (unpaired) electrons. The van der Waals surface area contributed by atoms with Crippen molar-refractivity contribution in [1.82, 2.24) is 4.90 Å². The molecule has 1 heterocycles. The van der Waals surface area contributed by atoms with Crippen molar-refractivity contribution in [3.05, 3.63) is 0 Å². The molecular weight excluding hydrogens is 210 g/mol. The Labute approximate surface area is 97.6 Å². The van der Waals surface area contributed by atoms with E-state index in [0.717, 1.165) is 25.9 Å². The summed E-state index contributed by atoms with van der Waals surface area (Å²) in [6, 6.07) is 0. The van der Waals surface area contributed by atoms with E-state index in [1.54, 1.807) is 0 Å². The average Bonchev–Trinajstić information content (AvgIpc) is 2.14. The Morgan fingerprint density at radius 1 is 1.40 bits per heavy atom. The number of carbonyl (C=O) groups excluding carboxylic acids is 1. The van der Waals surface area contributed by atoms with E-state index in [1.165, 1.54) is 0 Å². The number of rotatable bonds is 2. The standard InChI is InChI=1S/C11H21NO2S/c1-11(2,3)14-8-10(13)12-6-4-9(15)5-7-12/h9,15H,4-8H2,1-3H3. The Kier molecular flexibility index (Phi) is 4.46. The van der Waals surface area contributed by atoms with E-state index >= 15 is 0 Å². The maximum absolute atomic E-state index is 11.7. The van der Waals surface area contributed by atoms with Gasteiger partial charge in [-0.05, 0) is 33.6 Å². The number of hydrogen-bond acceptors (Lipinski definition) is 3. The van der Waals surface area contributed by atoms with Gasteiger partial charge in [0.15, 0.2) is 0 Å². The molecule has 0 spiro atoms. The molecule has 88 valence electrons. The van der Waals surface area contributed by atoms with Crippen LogP contribution in [-0.2, 0) is 9.53 Å². The fraction of sp³-hybridized carbons (Fsp3) is 0.909. The van der Waals surface area contributed by atoms with Gasteiger partial charge in [0.1, 0.15) is 6.61 Å². The third kappa shape index (κ3) is 4.89. The first-order valence-corrected chi connectivity index (χ1v) is 6.00. The minimum Gasteiger partial charge on any atom is -0.366 e. The molecule has 1 saturated heterocycles. The summed E-state index contributed by atoms with van der Waals surface area (Å²) in [5, 5.41) is 0.456. The quantitative estimate of drug-likeness (QED) is 0.733. The molecule has 1 amide bonds. The smallest absolute Gasteiger partial charge is 0.248 e. The summed E-state index contributed by atoms with van der Waals surface area (Å²) in [5.74, 6) is 0.102. The predicted octanol–water partition coefficient (Wildman–Crippen LogP) is 1.72. The highest BCUT2D eigenvalue weighted by molar-refractivity contribution is 7.80. The molecule has 0 aromatic rings. The van der Waals surface area contributed by atoms with Crippen molar-refractivity contribution in [3.63, 3.8) is 0 Å². The van der Waals surface area contributed by atoms with Crippen LogP contribution in [0.25, 0.3) is 0 Å². The molecule has 0 N–H and O–H groups in total. The van der Waals surface area contributed by atoms with Crippen LogP contribution in [-0.4, -0.2) is 41.4 Å². The van der Waals surface area contributed by atoms with Gasteiger partial charge in [0, 0.05) is 18.3 Å². The maximum Gasteiger partial charge on any atom is 0.248 e. The molecule has 0 atom stereocenters. The van der Waals surface area contributed by atoms with E-state index in [1.807, 2.05) is 25.7 Å². The average molecular weight is 231 g/mol. The topological polar surface area (TPSA) is 29.5 Å². The predicted molar refractivity (Wildman–Crippen MR) is 64.3 cm³/mol. The van der Waals surface area contributed by atoms with Gasteiger partial charge in [-0.15, -0.1) is 0 Å². The van der Waals surface area contributed by atoms with Gasteiger partial charge in [-0.2, -0.15) is 12.6 Å². The highest BCUT2D eigenvalue weighted by Gasteiger charge is 2.22.